The van der Waals surface area contributed by atoms with Gasteiger partial charge >= 0.3 is 0 Å². The molecule has 1 aromatic rings. The Morgan fingerprint density at radius 3 is 2.23 bits per heavy atom. The van der Waals surface area contributed by atoms with Crippen molar-refractivity contribution in [3.8, 4) is 0 Å². The normalized spacial score (nSPS) is 30.4. The average Bonchev–Trinajstić information content (AvgIpc) is 3.05. The standard InChI is InChI=1S/C18H23NO3/c1-13-3-5-15(6-4-13)7-14(2)16(22)19-9-17(11-20)8-18(17,10-19)12-21/h3-7,20-21H,8-12H2,1-2H3/b14-7+/t17-,18+. The van der Waals surface area contributed by atoms with E-state index in [0.717, 1.165) is 12.0 Å². The molecule has 1 amide bonds. The molecule has 1 aliphatic heterocycles. The molecule has 0 spiro atoms. The fourth-order valence-electron chi connectivity index (χ4n) is 3.75. The van der Waals surface area contributed by atoms with Crippen LogP contribution in [0.4, 0.5) is 0 Å². The maximum atomic E-state index is 12.6. The van der Waals surface area contributed by atoms with Gasteiger partial charge in [0.05, 0.1) is 13.2 Å². The molecule has 0 radical (unpaired) electrons. The number of likely N-dealkylation sites (tertiary alicyclic amines) is 1. The quantitative estimate of drug-likeness (QED) is 0.831. The van der Waals surface area contributed by atoms with Gasteiger partial charge in [0, 0.05) is 29.5 Å². The number of aliphatic hydroxyl groups is 2. The van der Waals surface area contributed by atoms with Crippen molar-refractivity contribution >= 4 is 12.0 Å². The van der Waals surface area contributed by atoms with Gasteiger partial charge in [-0.15, -0.1) is 0 Å². The van der Waals surface area contributed by atoms with Crippen LogP contribution in [0.1, 0.15) is 24.5 Å². The summed E-state index contributed by atoms with van der Waals surface area (Å²) in [5, 5.41) is 19.2. The average molecular weight is 301 g/mol. The Bertz CT molecular complexity index is 604. The van der Waals surface area contributed by atoms with Gasteiger partial charge in [0.1, 0.15) is 0 Å². The smallest absolute Gasteiger partial charge is 0.249 e. The van der Waals surface area contributed by atoms with Gasteiger partial charge in [0.15, 0.2) is 0 Å². The zero-order valence-electron chi connectivity index (χ0n) is 13.2. The maximum Gasteiger partial charge on any atom is 0.249 e. The van der Waals surface area contributed by atoms with Crippen molar-refractivity contribution in [1.29, 1.82) is 0 Å². The molecule has 22 heavy (non-hydrogen) atoms. The summed E-state index contributed by atoms with van der Waals surface area (Å²) >= 11 is 0. The summed E-state index contributed by atoms with van der Waals surface area (Å²) in [5.41, 5.74) is 2.33. The lowest BCUT2D eigenvalue weighted by Gasteiger charge is -2.21. The van der Waals surface area contributed by atoms with E-state index in [1.54, 1.807) is 4.90 Å². The molecular formula is C18H23NO3. The number of piperidine rings is 1. The molecule has 2 aliphatic rings. The van der Waals surface area contributed by atoms with Crippen LogP contribution in [0.5, 0.6) is 0 Å². The lowest BCUT2D eigenvalue weighted by atomic mass is 9.98. The third-order valence-electron chi connectivity index (χ3n) is 5.35. The molecule has 118 valence electrons. The summed E-state index contributed by atoms with van der Waals surface area (Å²) in [7, 11) is 0. The first-order chi connectivity index (χ1) is 10.5. The highest BCUT2D eigenvalue weighted by atomic mass is 16.3. The van der Waals surface area contributed by atoms with Crippen molar-refractivity contribution in [3.63, 3.8) is 0 Å². The zero-order chi connectivity index (χ0) is 16.0. The highest BCUT2D eigenvalue weighted by Gasteiger charge is 2.72. The number of aryl methyl sites for hydroxylation is 1. The molecule has 2 N–H and O–H groups in total. The fourth-order valence-corrected chi connectivity index (χ4v) is 3.75. The van der Waals surface area contributed by atoms with Crippen LogP contribution in [-0.4, -0.2) is 47.3 Å². The Hall–Kier alpha value is -1.65. The van der Waals surface area contributed by atoms with Gasteiger partial charge in [-0.3, -0.25) is 4.79 Å². The van der Waals surface area contributed by atoms with Crippen molar-refractivity contribution < 1.29 is 15.0 Å². The number of nitrogens with zero attached hydrogens (tertiary/aromatic N) is 1. The van der Waals surface area contributed by atoms with Gasteiger partial charge in [-0.05, 0) is 31.9 Å². The van der Waals surface area contributed by atoms with E-state index in [1.807, 2.05) is 44.2 Å². The number of rotatable bonds is 4. The minimum atomic E-state index is -0.276. The second kappa shape index (κ2) is 5.21. The minimum Gasteiger partial charge on any atom is -0.396 e. The molecule has 4 nitrogen and oxygen atoms in total. The third-order valence-corrected chi connectivity index (χ3v) is 5.35. The molecule has 4 heteroatoms. The Morgan fingerprint density at radius 2 is 1.73 bits per heavy atom. The largest absolute Gasteiger partial charge is 0.396 e. The molecule has 0 unspecified atom stereocenters. The number of fused-ring (bicyclic) bond motifs is 1. The van der Waals surface area contributed by atoms with Crippen LogP contribution in [0.2, 0.25) is 0 Å². The summed E-state index contributed by atoms with van der Waals surface area (Å²) in [6.07, 6.45) is 2.71. The Labute approximate surface area is 131 Å². The molecule has 2 atom stereocenters. The number of benzene rings is 1. The first kappa shape index (κ1) is 15.3. The van der Waals surface area contributed by atoms with Gasteiger partial charge in [-0.1, -0.05) is 29.8 Å². The molecule has 1 aliphatic carbocycles. The van der Waals surface area contributed by atoms with Crippen molar-refractivity contribution in [1.82, 2.24) is 4.90 Å². The van der Waals surface area contributed by atoms with Crippen LogP contribution in [-0.2, 0) is 4.79 Å². The molecule has 0 aromatic heterocycles. The number of hydrogen-bond acceptors (Lipinski definition) is 3. The van der Waals surface area contributed by atoms with Crippen LogP contribution in [0, 0.1) is 17.8 Å². The maximum absolute atomic E-state index is 12.6. The number of aliphatic hydroxyl groups excluding tert-OH is 2. The van der Waals surface area contributed by atoms with Crippen LogP contribution in [0.25, 0.3) is 6.08 Å². The number of carbonyl (C=O) groups is 1. The fraction of sp³-hybridized carbons (Fsp3) is 0.500. The molecule has 1 heterocycles. The summed E-state index contributed by atoms with van der Waals surface area (Å²) < 4.78 is 0. The second-order valence-electron chi connectivity index (χ2n) is 6.95. The topological polar surface area (TPSA) is 60.8 Å². The SMILES string of the molecule is C/C(=C\c1ccc(C)cc1)C(=O)N1C[C@@]2(CO)C[C@@]2(CO)C1. The monoisotopic (exact) mass is 301 g/mol. The van der Waals surface area contributed by atoms with Crippen molar-refractivity contribution in [2.45, 2.75) is 20.3 Å². The van der Waals surface area contributed by atoms with E-state index >= 15 is 0 Å². The van der Waals surface area contributed by atoms with Crippen molar-refractivity contribution in [3.05, 3.63) is 41.0 Å². The van der Waals surface area contributed by atoms with Crippen LogP contribution < -0.4 is 0 Å². The van der Waals surface area contributed by atoms with E-state index < -0.39 is 0 Å². The Morgan fingerprint density at radius 1 is 1.18 bits per heavy atom. The van der Waals surface area contributed by atoms with Gasteiger partial charge in [0.2, 0.25) is 5.91 Å². The molecule has 1 aromatic carbocycles. The van der Waals surface area contributed by atoms with Crippen LogP contribution >= 0.6 is 0 Å². The summed E-state index contributed by atoms with van der Waals surface area (Å²) in [4.78, 5) is 14.4. The van der Waals surface area contributed by atoms with Gasteiger partial charge in [0.25, 0.3) is 0 Å². The molecule has 1 saturated carbocycles. The van der Waals surface area contributed by atoms with E-state index in [9.17, 15) is 15.0 Å². The van der Waals surface area contributed by atoms with Gasteiger partial charge < -0.3 is 15.1 Å². The molecule has 1 saturated heterocycles. The summed E-state index contributed by atoms with van der Waals surface area (Å²) in [6.45, 7) is 5.02. The summed E-state index contributed by atoms with van der Waals surface area (Å²) in [5.74, 6) is -0.00609. The highest BCUT2D eigenvalue weighted by Crippen LogP contribution is 2.67. The first-order valence-corrected chi connectivity index (χ1v) is 7.71. The summed E-state index contributed by atoms with van der Waals surface area (Å²) in [6, 6.07) is 8.04. The van der Waals surface area contributed by atoms with E-state index in [1.165, 1.54) is 5.56 Å². The van der Waals surface area contributed by atoms with Crippen LogP contribution in [0.3, 0.4) is 0 Å². The predicted octanol–water partition coefficient (Wildman–Crippen LogP) is 1.60. The first-order valence-electron chi connectivity index (χ1n) is 7.71. The minimum absolute atomic E-state index is 0.00609. The van der Waals surface area contributed by atoms with E-state index in [2.05, 4.69) is 0 Å². The molecule has 2 fully saturated rings. The van der Waals surface area contributed by atoms with E-state index in [0.29, 0.717) is 18.7 Å². The van der Waals surface area contributed by atoms with Crippen molar-refractivity contribution in [2.24, 2.45) is 10.8 Å². The van der Waals surface area contributed by atoms with Gasteiger partial charge in [-0.25, -0.2) is 0 Å². The lowest BCUT2D eigenvalue weighted by Crippen LogP contribution is -2.33. The van der Waals surface area contributed by atoms with Crippen LogP contribution in [0.15, 0.2) is 29.8 Å². The van der Waals surface area contributed by atoms with Crippen molar-refractivity contribution in [2.75, 3.05) is 26.3 Å². The number of hydrogen-bond donors (Lipinski definition) is 2. The van der Waals surface area contributed by atoms with E-state index in [-0.39, 0.29) is 30.0 Å². The van der Waals surface area contributed by atoms with Gasteiger partial charge in [-0.2, -0.15) is 0 Å². The lowest BCUT2D eigenvalue weighted by molar-refractivity contribution is -0.127. The Balaban J connectivity index is 1.74. The molecule has 0 bridgehead atoms. The predicted molar refractivity (Wildman–Crippen MR) is 85.1 cm³/mol. The third kappa shape index (κ3) is 2.27. The van der Waals surface area contributed by atoms with E-state index in [4.69, 9.17) is 0 Å². The zero-order valence-corrected chi connectivity index (χ0v) is 13.2. The second-order valence-corrected chi connectivity index (χ2v) is 6.95. The highest BCUT2D eigenvalue weighted by molar-refractivity contribution is 5.97. The molecule has 3 rings (SSSR count). The number of amides is 1. The number of carbonyl (C=O) groups excluding carboxylic acids is 1. The molecular weight excluding hydrogens is 278 g/mol. The Kier molecular flexibility index (Phi) is 3.62.